The molecule has 1 aliphatic rings. The van der Waals surface area contributed by atoms with Gasteiger partial charge in [0.1, 0.15) is 5.75 Å². The third kappa shape index (κ3) is 6.21. The molecule has 0 radical (unpaired) electrons. The summed E-state index contributed by atoms with van der Waals surface area (Å²) in [5.74, 6) is 1.64. The minimum Gasteiger partial charge on any atom is -0.481 e. The lowest BCUT2D eigenvalue weighted by atomic mass is 10.0. The van der Waals surface area contributed by atoms with Gasteiger partial charge < -0.3 is 10.1 Å². The normalized spacial score (nSPS) is 16.6. The van der Waals surface area contributed by atoms with Crippen molar-refractivity contribution in [2.75, 3.05) is 12.3 Å². The van der Waals surface area contributed by atoms with Crippen LogP contribution in [0.2, 0.25) is 5.02 Å². The summed E-state index contributed by atoms with van der Waals surface area (Å²) in [6.45, 7) is 4.60. The number of thioether (sulfide) groups is 1. The minimum absolute atomic E-state index is 0.0330. The first-order valence-electron chi connectivity index (χ1n) is 8.92. The van der Waals surface area contributed by atoms with Crippen molar-refractivity contribution in [3.63, 3.8) is 0 Å². The van der Waals surface area contributed by atoms with Crippen molar-refractivity contribution < 1.29 is 9.53 Å². The second kappa shape index (κ2) is 10.2. The van der Waals surface area contributed by atoms with Crippen molar-refractivity contribution in [3.05, 3.63) is 28.8 Å². The summed E-state index contributed by atoms with van der Waals surface area (Å²) < 4.78 is 5.83. The van der Waals surface area contributed by atoms with Crippen molar-refractivity contribution >= 4 is 29.3 Å². The minimum atomic E-state index is -0.453. The van der Waals surface area contributed by atoms with Gasteiger partial charge in [0, 0.05) is 22.6 Å². The van der Waals surface area contributed by atoms with Crippen molar-refractivity contribution in [2.45, 2.75) is 63.7 Å². The molecule has 1 fully saturated rings. The van der Waals surface area contributed by atoms with Gasteiger partial charge in [0.05, 0.1) is 0 Å². The van der Waals surface area contributed by atoms with Gasteiger partial charge in [0.2, 0.25) is 0 Å². The number of nitrogens with one attached hydrogen (secondary N) is 1. The average molecular weight is 370 g/mol. The van der Waals surface area contributed by atoms with E-state index in [9.17, 15) is 4.79 Å². The van der Waals surface area contributed by atoms with Crippen LogP contribution in [-0.4, -0.2) is 29.6 Å². The third-order valence-corrected chi connectivity index (χ3v) is 6.18. The van der Waals surface area contributed by atoms with E-state index < -0.39 is 6.10 Å². The van der Waals surface area contributed by atoms with Crippen LogP contribution in [-0.2, 0) is 4.79 Å². The number of hydrogen-bond acceptors (Lipinski definition) is 3. The van der Waals surface area contributed by atoms with E-state index >= 15 is 0 Å². The molecule has 0 aliphatic heterocycles. The zero-order chi connectivity index (χ0) is 17.4. The van der Waals surface area contributed by atoms with Crippen molar-refractivity contribution in [1.29, 1.82) is 0 Å². The zero-order valence-electron chi connectivity index (χ0n) is 14.6. The van der Waals surface area contributed by atoms with Crippen LogP contribution in [0.1, 0.15) is 51.0 Å². The Hall–Kier alpha value is -0.870. The van der Waals surface area contributed by atoms with Crippen molar-refractivity contribution in [1.82, 2.24) is 5.32 Å². The van der Waals surface area contributed by atoms with Gasteiger partial charge in [-0.05, 0) is 49.9 Å². The van der Waals surface area contributed by atoms with E-state index in [0.717, 1.165) is 16.6 Å². The number of aryl methyl sites for hydroxylation is 1. The third-order valence-electron chi connectivity index (χ3n) is 4.38. The molecule has 2 rings (SSSR count). The molecule has 24 heavy (non-hydrogen) atoms. The molecule has 1 aromatic carbocycles. The van der Waals surface area contributed by atoms with Crippen LogP contribution in [0, 0.1) is 6.92 Å². The van der Waals surface area contributed by atoms with Crippen LogP contribution >= 0.6 is 23.4 Å². The first-order valence-corrected chi connectivity index (χ1v) is 10.3. The van der Waals surface area contributed by atoms with E-state index in [0.29, 0.717) is 23.7 Å². The van der Waals surface area contributed by atoms with Gasteiger partial charge >= 0.3 is 0 Å². The molecule has 1 aliphatic carbocycles. The molecular formula is C19H28ClNO2S. The Bertz CT molecular complexity index is 532. The Morgan fingerprint density at radius 1 is 1.38 bits per heavy atom. The smallest absolute Gasteiger partial charge is 0.261 e. The quantitative estimate of drug-likeness (QED) is 0.656. The predicted octanol–water partition coefficient (Wildman–Crippen LogP) is 4.99. The van der Waals surface area contributed by atoms with E-state index in [4.69, 9.17) is 16.3 Å². The number of carbonyl (C=O) groups excluding carboxylic acids is 1. The summed E-state index contributed by atoms with van der Waals surface area (Å²) in [7, 11) is 0. The number of halogens is 1. The lowest BCUT2D eigenvalue weighted by molar-refractivity contribution is -0.127. The van der Waals surface area contributed by atoms with Gasteiger partial charge in [0.15, 0.2) is 6.10 Å². The van der Waals surface area contributed by atoms with E-state index in [-0.39, 0.29) is 5.91 Å². The highest BCUT2D eigenvalue weighted by Gasteiger charge is 2.19. The average Bonchev–Trinajstić information content (AvgIpc) is 2.60. The molecule has 1 saturated carbocycles. The molecule has 0 bridgehead atoms. The second-order valence-electron chi connectivity index (χ2n) is 6.35. The van der Waals surface area contributed by atoms with Crippen LogP contribution in [0.3, 0.4) is 0 Å². The molecule has 5 heteroatoms. The highest BCUT2D eigenvalue weighted by Crippen LogP contribution is 2.27. The van der Waals surface area contributed by atoms with Gasteiger partial charge in [0.25, 0.3) is 5.91 Å². The van der Waals surface area contributed by atoms with Gasteiger partial charge in [-0.15, -0.1) is 0 Å². The van der Waals surface area contributed by atoms with Crippen LogP contribution in [0.5, 0.6) is 5.75 Å². The molecule has 1 aromatic rings. The fourth-order valence-electron chi connectivity index (χ4n) is 2.92. The topological polar surface area (TPSA) is 38.3 Å². The largest absolute Gasteiger partial charge is 0.481 e. The number of rotatable bonds is 8. The zero-order valence-corrected chi connectivity index (χ0v) is 16.2. The van der Waals surface area contributed by atoms with Gasteiger partial charge in [-0.1, -0.05) is 37.8 Å². The summed E-state index contributed by atoms with van der Waals surface area (Å²) in [6, 6.07) is 5.49. The monoisotopic (exact) mass is 369 g/mol. The Labute approximate surface area is 154 Å². The predicted molar refractivity (Wildman–Crippen MR) is 103 cm³/mol. The number of ether oxygens (including phenoxy) is 1. The molecule has 0 aromatic heterocycles. The molecule has 1 atom stereocenters. The Kier molecular flexibility index (Phi) is 8.26. The maximum absolute atomic E-state index is 12.3. The summed E-state index contributed by atoms with van der Waals surface area (Å²) in [4.78, 5) is 12.3. The molecule has 1 N–H and O–H groups in total. The summed E-state index contributed by atoms with van der Waals surface area (Å²) in [5, 5.41) is 4.50. The molecule has 0 spiro atoms. The van der Waals surface area contributed by atoms with E-state index in [1.54, 1.807) is 6.07 Å². The Morgan fingerprint density at radius 2 is 2.12 bits per heavy atom. The van der Waals surface area contributed by atoms with Crippen LogP contribution in [0.25, 0.3) is 0 Å². The highest BCUT2D eigenvalue weighted by atomic mass is 35.5. The first-order chi connectivity index (χ1) is 11.6. The molecule has 134 valence electrons. The van der Waals surface area contributed by atoms with Gasteiger partial charge in [-0.25, -0.2) is 0 Å². The molecule has 3 nitrogen and oxygen atoms in total. The van der Waals surface area contributed by atoms with Crippen LogP contribution < -0.4 is 10.1 Å². The van der Waals surface area contributed by atoms with Crippen molar-refractivity contribution in [2.24, 2.45) is 0 Å². The van der Waals surface area contributed by atoms with E-state index in [1.807, 2.05) is 37.7 Å². The van der Waals surface area contributed by atoms with E-state index in [1.165, 1.54) is 32.1 Å². The summed E-state index contributed by atoms with van der Waals surface area (Å²) >= 11 is 8.02. The van der Waals surface area contributed by atoms with E-state index in [2.05, 4.69) is 5.32 Å². The lowest BCUT2D eigenvalue weighted by Gasteiger charge is -2.21. The van der Waals surface area contributed by atoms with Crippen LogP contribution in [0.4, 0.5) is 0 Å². The Morgan fingerprint density at radius 3 is 2.79 bits per heavy atom. The second-order valence-corrected chi connectivity index (χ2v) is 8.16. The maximum Gasteiger partial charge on any atom is 0.261 e. The SMILES string of the molecule is CC[C@@H](Oc1ccc(Cl)c(C)c1)C(=O)NCCSC1CCCCC1. The fraction of sp³-hybridized carbons (Fsp3) is 0.632. The molecule has 1 amide bonds. The molecular weight excluding hydrogens is 342 g/mol. The number of amides is 1. The fourth-order valence-corrected chi connectivity index (χ4v) is 4.26. The molecule has 0 heterocycles. The Balaban J connectivity index is 1.73. The van der Waals surface area contributed by atoms with Gasteiger partial charge in [-0.2, -0.15) is 11.8 Å². The lowest BCUT2D eigenvalue weighted by Crippen LogP contribution is -2.39. The number of hydrogen-bond donors (Lipinski definition) is 1. The summed E-state index contributed by atoms with van der Waals surface area (Å²) in [6.07, 6.45) is 6.94. The summed E-state index contributed by atoms with van der Waals surface area (Å²) in [5.41, 5.74) is 0.952. The maximum atomic E-state index is 12.3. The number of benzene rings is 1. The first kappa shape index (κ1) is 19.5. The standard InChI is InChI=1S/C19H28ClNO2S/c1-3-18(23-15-9-10-17(20)14(2)13-15)19(22)21-11-12-24-16-7-5-4-6-8-16/h9-10,13,16,18H,3-8,11-12H2,1-2H3,(H,21,22)/t18-/m1/s1. The van der Waals surface area contributed by atoms with Crippen molar-refractivity contribution in [3.8, 4) is 5.75 Å². The highest BCUT2D eigenvalue weighted by molar-refractivity contribution is 7.99. The molecule has 0 saturated heterocycles. The number of carbonyl (C=O) groups is 1. The molecule has 0 unspecified atom stereocenters. The van der Waals surface area contributed by atoms with Gasteiger partial charge in [-0.3, -0.25) is 4.79 Å². The van der Waals surface area contributed by atoms with Crippen LogP contribution in [0.15, 0.2) is 18.2 Å².